The molecule has 0 atom stereocenters. The first-order valence-electron chi connectivity index (χ1n) is 9.32. The molecule has 0 unspecified atom stereocenters. The van der Waals surface area contributed by atoms with Crippen LogP contribution < -0.4 is 5.32 Å². The molecular weight excluding hydrogens is 428 g/mol. The van der Waals surface area contributed by atoms with E-state index in [1.807, 2.05) is 0 Å². The summed E-state index contributed by atoms with van der Waals surface area (Å²) in [6, 6.07) is 12.9. The van der Waals surface area contributed by atoms with Gasteiger partial charge in [-0.3, -0.25) is 4.79 Å². The quantitative estimate of drug-likeness (QED) is 0.566. The van der Waals surface area contributed by atoms with Gasteiger partial charge in [-0.25, -0.2) is 8.42 Å². The molecule has 1 aromatic heterocycles. The lowest BCUT2D eigenvalue weighted by Gasteiger charge is -2.18. The molecule has 0 spiro atoms. The summed E-state index contributed by atoms with van der Waals surface area (Å²) in [5, 5.41) is 7.09. The summed E-state index contributed by atoms with van der Waals surface area (Å²) in [6.45, 7) is 4.22. The van der Waals surface area contributed by atoms with Crippen molar-refractivity contribution >= 4 is 27.5 Å². The largest absolute Gasteiger partial charge is 0.343 e. The molecular formula is C20H21ClN4O4S. The molecule has 3 rings (SSSR count). The van der Waals surface area contributed by atoms with Gasteiger partial charge in [0.1, 0.15) is 0 Å². The van der Waals surface area contributed by atoms with E-state index in [1.165, 1.54) is 22.5 Å². The number of carbonyl (C=O) groups excluding carboxylic acids is 1. The molecule has 2 aromatic carbocycles. The van der Waals surface area contributed by atoms with Gasteiger partial charge < -0.3 is 9.84 Å². The number of hydrogen-bond donors (Lipinski definition) is 1. The van der Waals surface area contributed by atoms with E-state index in [0.29, 0.717) is 29.5 Å². The Balaban J connectivity index is 1.70. The fourth-order valence-electron chi connectivity index (χ4n) is 2.84. The van der Waals surface area contributed by atoms with E-state index in [0.717, 1.165) is 0 Å². The number of nitrogens with zero attached hydrogens (tertiary/aromatic N) is 3. The molecule has 30 heavy (non-hydrogen) atoms. The van der Waals surface area contributed by atoms with Gasteiger partial charge in [0.25, 0.3) is 5.91 Å². The van der Waals surface area contributed by atoms with Crippen LogP contribution in [0.2, 0.25) is 5.02 Å². The number of halogens is 1. The smallest absolute Gasteiger partial charge is 0.251 e. The third-order valence-corrected chi connectivity index (χ3v) is 6.67. The number of carbonyl (C=O) groups is 1. The Kier molecular flexibility index (Phi) is 6.86. The molecule has 158 valence electrons. The number of amides is 1. The first-order valence-corrected chi connectivity index (χ1v) is 11.1. The van der Waals surface area contributed by atoms with Gasteiger partial charge in [-0.2, -0.15) is 9.29 Å². The predicted molar refractivity (Wildman–Crippen MR) is 112 cm³/mol. The van der Waals surface area contributed by atoms with Crippen LogP contribution in [0.15, 0.2) is 57.9 Å². The number of nitrogens with one attached hydrogen (secondary N) is 1. The van der Waals surface area contributed by atoms with E-state index in [-0.39, 0.29) is 22.9 Å². The third kappa shape index (κ3) is 4.86. The van der Waals surface area contributed by atoms with Crippen LogP contribution in [-0.4, -0.2) is 41.9 Å². The van der Waals surface area contributed by atoms with Crippen LogP contribution in [0.1, 0.15) is 30.1 Å². The van der Waals surface area contributed by atoms with Crippen molar-refractivity contribution in [2.75, 3.05) is 13.1 Å². The van der Waals surface area contributed by atoms with Crippen LogP contribution in [0, 0.1) is 0 Å². The van der Waals surface area contributed by atoms with E-state index >= 15 is 0 Å². The maximum atomic E-state index is 12.7. The van der Waals surface area contributed by atoms with E-state index in [9.17, 15) is 13.2 Å². The molecule has 1 N–H and O–H groups in total. The summed E-state index contributed by atoms with van der Waals surface area (Å²) in [4.78, 5) is 16.8. The summed E-state index contributed by atoms with van der Waals surface area (Å²) in [5.41, 5.74) is 0.913. The van der Waals surface area contributed by atoms with Gasteiger partial charge in [0.05, 0.1) is 11.4 Å². The Morgan fingerprint density at radius 1 is 1.13 bits per heavy atom. The van der Waals surface area contributed by atoms with Crippen molar-refractivity contribution in [1.82, 2.24) is 19.8 Å². The zero-order valence-corrected chi connectivity index (χ0v) is 18.1. The Hall–Kier alpha value is -2.75. The maximum Gasteiger partial charge on any atom is 0.251 e. The highest BCUT2D eigenvalue weighted by Gasteiger charge is 2.22. The van der Waals surface area contributed by atoms with Crippen LogP contribution in [-0.2, 0) is 16.6 Å². The van der Waals surface area contributed by atoms with Gasteiger partial charge in [-0.15, -0.1) is 0 Å². The lowest BCUT2D eigenvalue weighted by molar-refractivity contribution is 0.0946. The number of rotatable bonds is 8. The summed E-state index contributed by atoms with van der Waals surface area (Å²) in [5.74, 6) is 0.119. The molecule has 1 heterocycles. The van der Waals surface area contributed by atoms with Crippen LogP contribution >= 0.6 is 11.6 Å². The average molecular weight is 449 g/mol. The summed E-state index contributed by atoms with van der Waals surface area (Å²) in [6.07, 6.45) is 0. The summed E-state index contributed by atoms with van der Waals surface area (Å²) < 4.78 is 31.8. The van der Waals surface area contributed by atoms with Gasteiger partial charge in [0.2, 0.25) is 21.7 Å². The zero-order valence-electron chi connectivity index (χ0n) is 16.5. The van der Waals surface area contributed by atoms with Crippen LogP contribution in [0.3, 0.4) is 0 Å². The molecule has 3 aromatic rings. The molecule has 10 heteroatoms. The van der Waals surface area contributed by atoms with Crippen molar-refractivity contribution in [3.05, 3.63) is 65.0 Å². The summed E-state index contributed by atoms with van der Waals surface area (Å²) in [7, 11) is -3.65. The minimum Gasteiger partial charge on any atom is -0.343 e. The molecule has 0 aliphatic carbocycles. The number of benzene rings is 2. The van der Waals surface area contributed by atoms with Crippen LogP contribution in [0.4, 0.5) is 0 Å². The normalized spacial score (nSPS) is 11.6. The van der Waals surface area contributed by atoms with Gasteiger partial charge in [0, 0.05) is 29.2 Å². The topological polar surface area (TPSA) is 105 Å². The lowest BCUT2D eigenvalue weighted by atomic mass is 10.2. The molecule has 0 aliphatic heterocycles. The molecule has 0 radical (unpaired) electrons. The van der Waals surface area contributed by atoms with Crippen molar-refractivity contribution in [1.29, 1.82) is 0 Å². The zero-order chi connectivity index (χ0) is 21.7. The molecule has 0 saturated carbocycles. The second-order valence-electron chi connectivity index (χ2n) is 6.32. The number of aromatic nitrogens is 2. The highest BCUT2D eigenvalue weighted by molar-refractivity contribution is 7.89. The molecule has 0 saturated heterocycles. The number of sulfonamides is 1. The second kappa shape index (κ2) is 9.38. The Bertz CT molecular complexity index is 1140. The highest BCUT2D eigenvalue weighted by Crippen LogP contribution is 2.20. The minimum atomic E-state index is -3.65. The SMILES string of the molecule is CCN(CC)S(=O)(=O)c1cccc(C(=O)NCc2nc(-c3cccc(Cl)c3)no2)c1. The maximum absolute atomic E-state index is 12.7. The van der Waals surface area contributed by atoms with Crippen molar-refractivity contribution < 1.29 is 17.7 Å². The Morgan fingerprint density at radius 2 is 1.87 bits per heavy atom. The first-order chi connectivity index (χ1) is 14.3. The molecule has 8 nitrogen and oxygen atoms in total. The lowest BCUT2D eigenvalue weighted by Crippen LogP contribution is -2.31. The van der Waals surface area contributed by atoms with E-state index in [2.05, 4.69) is 15.5 Å². The molecule has 0 bridgehead atoms. The molecule has 1 amide bonds. The molecule has 0 aliphatic rings. The van der Waals surface area contributed by atoms with Crippen molar-refractivity contribution in [2.45, 2.75) is 25.3 Å². The van der Waals surface area contributed by atoms with E-state index in [1.54, 1.807) is 44.2 Å². The minimum absolute atomic E-state index is 0.000574. The van der Waals surface area contributed by atoms with Gasteiger partial charge in [-0.05, 0) is 30.3 Å². The average Bonchev–Trinajstić information content (AvgIpc) is 3.22. The molecule has 0 fully saturated rings. The highest BCUT2D eigenvalue weighted by atomic mass is 35.5. The third-order valence-electron chi connectivity index (χ3n) is 4.39. The van der Waals surface area contributed by atoms with Gasteiger partial charge in [0.15, 0.2) is 0 Å². The Morgan fingerprint density at radius 3 is 2.57 bits per heavy atom. The van der Waals surface area contributed by atoms with E-state index < -0.39 is 15.9 Å². The fourth-order valence-corrected chi connectivity index (χ4v) is 4.53. The fraction of sp³-hybridized carbons (Fsp3) is 0.250. The van der Waals surface area contributed by atoms with Crippen molar-refractivity contribution in [3.63, 3.8) is 0 Å². The monoisotopic (exact) mass is 448 g/mol. The van der Waals surface area contributed by atoms with Gasteiger partial charge >= 0.3 is 0 Å². The van der Waals surface area contributed by atoms with Gasteiger partial charge in [-0.1, -0.05) is 48.8 Å². The Labute approximate surface area is 179 Å². The van der Waals surface area contributed by atoms with Crippen LogP contribution in [0.25, 0.3) is 11.4 Å². The summed E-state index contributed by atoms with van der Waals surface area (Å²) >= 11 is 5.97. The first kappa shape index (κ1) is 21.9. The second-order valence-corrected chi connectivity index (χ2v) is 8.70. The standard InChI is InChI=1S/C20H21ClN4O4S/c1-3-25(4-2)30(27,28)17-10-6-8-15(12-17)20(26)22-13-18-23-19(24-29-18)14-7-5-9-16(21)11-14/h5-12H,3-4,13H2,1-2H3,(H,22,26). The van der Waals surface area contributed by atoms with Crippen molar-refractivity contribution in [3.8, 4) is 11.4 Å². The predicted octanol–water partition coefficient (Wildman–Crippen LogP) is 3.35. The van der Waals surface area contributed by atoms with Crippen LogP contribution in [0.5, 0.6) is 0 Å². The van der Waals surface area contributed by atoms with Crippen molar-refractivity contribution in [2.24, 2.45) is 0 Å². The van der Waals surface area contributed by atoms with E-state index in [4.69, 9.17) is 16.1 Å². The number of hydrogen-bond acceptors (Lipinski definition) is 6.